The van der Waals surface area contributed by atoms with E-state index in [0.717, 1.165) is 0 Å². The van der Waals surface area contributed by atoms with Gasteiger partial charge in [0.05, 0.1) is 8.07 Å². The van der Waals surface area contributed by atoms with Gasteiger partial charge < -0.3 is 0 Å². The fourth-order valence-corrected chi connectivity index (χ4v) is 8.62. The molecule has 0 saturated heterocycles. The molecule has 0 aliphatic rings. The van der Waals surface area contributed by atoms with Crippen LogP contribution in [-0.4, -0.2) is 13.1 Å². The number of unbranched alkanes of at least 4 members (excludes halogenated alkanes) is 3. The quantitative estimate of drug-likeness (QED) is 0.540. The van der Waals surface area contributed by atoms with Crippen molar-refractivity contribution in [2.45, 2.75) is 77.4 Å². The number of hydrogen-bond acceptors (Lipinski definition) is 1. The fourth-order valence-electron chi connectivity index (χ4n) is 3.06. The van der Waals surface area contributed by atoms with Crippen LogP contribution >= 0.6 is 0 Å². The van der Waals surface area contributed by atoms with Crippen molar-refractivity contribution in [3.05, 3.63) is 24.5 Å². The lowest BCUT2D eigenvalue weighted by Gasteiger charge is -2.32. The van der Waals surface area contributed by atoms with Gasteiger partial charge in [-0.15, -0.1) is 0 Å². The molecule has 0 spiro atoms. The second kappa shape index (κ2) is 9.30. The zero-order chi connectivity index (χ0) is 14.0. The SMILES string of the molecule is CCCC[Si](CCCC)(CCCC)c1ccncc1. The highest BCUT2D eigenvalue weighted by atomic mass is 28.3. The first-order valence-electron chi connectivity index (χ1n) is 8.19. The lowest BCUT2D eigenvalue weighted by atomic mass is 10.4. The molecule has 19 heavy (non-hydrogen) atoms. The molecule has 0 N–H and O–H groups in total. The van der Waals surface area contributed by atoms with Crippen molar-refractivity contribution in [2.75, 3.05) is 0 Å². The molecule has 0 aromatic carbocycles. The van der Waals surface area contributed by atoms with Gasteiger partial charge in [-0.25, -0.2) is 0 Å². The van der Waals surface area contributed by atoms with Gasteiger partial charge in [0.15, 0.2) is 0 Å². The Kier molecular flexibility index (Phi) is 8.04. The van der Waals surface area contributed by atoms with Gasteiger partial charge in [-0.1, -0.05) is 82.6 Å². The standard InChI is InChI=1S/C17H31NSi/c1-4-7-14-19(15-8-5-2,16-9-6-3)17-10-12-18-13-11-17/h10-13H,4-9,14-16H2,1-3H3. The van der Waals surface area contributed by atoms with Gasteiger partial charge in [0.1, 0.15) is 0 Å². The summed E-state index contributed by atoms with van der Waals surface area (Å²) in [5, 5.41) is 1.66. The van der Waals surface area contributed by atoms with Crippen LogP contribution in [0.1, 0.15) is 59.3 Å². The predicted molar refractivity (Wildman–Crippen MR) is 88.8 cm³/mol. The molecular formula is C17H31NSi. The molecule has 2 heteroatoms. The van der Waals surface area contributed by atoms with Gasteiger partial charge >= 0.3 is 0 Å². The van der Waals surface area contributed by atoms with E-state index in [1.54, 1.807) is 5.19 Å². The second-order valence-corrected chi connectivity index (χ2v) is 10.5. The average Bonchev–Trinajstić information content (AvgIpc) is 2.48. The van der Waals surface area contributed by atoms with Crippen molar-refractivity contribution < 1.29 is 0 Å². The van der Waals surface area contributed by atoms with Gasteiger partial charge in [-0.05, 0) is 12.1 Å². The summed E-state index contributed by atoms with van der Waals surface area (Å²) in [7, 11) is -1.27. The van der Waals surface area contributed by atoms with Gasteiger partial charge in [-0.3, -0.25) is 4.98 Å². The first-order chi connectivity index (χ1) is 9.29. The zero-order valence-electron chi connectivity index (χ0n) is 13.1. The third-order valence-electron chi connectivity index (χ3n) is 4.32. The van der Waals surface area contributed by atoms with E-state index in [2.05, 4.69) is 37.9 Å². The molecule has 1 nitrogen and oxygen atoms in total. The van der Waals surface area contributed by atoms with Crippen molar-refractivity contribution in [3.8, 4) is 0 Å². The summed E-state index contributed by atoms with van der Waals surface area (Å²) in [6.07, 6.45) is 12.2. The lowest BCUT2D eigenvalue weighted by molar-refractivity contribution is 0.800. The van der Waals surface area contributed by atoms with Crippen LogP contribution in [0.15, 0.2) is 24.5 Å². The van der Waals surface area contributed by atoms with Gasteiger partial charge in [-0.2, -0.15) is 0 Å². The Hall–Kier alpha value is -0.633. The maximum absolute atomic E-state index is 4.22. The Morgan fingerprint density at radius 3 is 1.58 bits per heavy atom. The van der Waals surface area contributed by atoms with Crippen molar-refractivity contribution in [2.24, 2.45) is 0 Å². The first kappa shape index (κ1) is 16.4. The van der Waals surface area contributed by atoms with E-state index < -0.39 is 8.07 Å². The molecule has 0 saturated carbocycles. The molecule has 0 amide bonds. The molecule has 0 aliphatic carbocycles. The summed E-state index contributed by atoms with van der Waals surface area (Å²) in [6, 6.07) is 9.06. The normalized spacial score (nSPS) is 11.7. The lowest BCUT2D eigenvalue weighted by Crippen LogP contribution is -2.47. The van der Waals surface area contributed by atoms with Gasteiger partial charge in [0.2, 0.25) is 0 Å². The summed E-state index contributed by atoms with van der Waals surface area (Å²) in [5.41, 5.74) is 0. The third-order valence-corrected chi connectivity index (χ3v) is 9.81. The van der Waals surface area contributed by atoms with E-state index in [1.165, 1.54) is 56.7 Å². The summed E-state index contributed by atoms with van der Waals surface area (Å²) in [6.45, 7) is 6.97. The summed E-state index contributed by atoms with van der Waals surface area (Å²) >= 11 is 0. The molecule has 0 unspecified atom stereocenters. The largest absolute Gasteiger partial charge is 0.265 e. The minimum Gasteiger partial charge on any atom is -0.265 e. The number of rotatable bonds is 10. The maximum atomic E-state index is 4.22. The maximum Gasteiger partial charge on any atom is 0.0868 e. The number of aromatic nitrogens is 1. The highest BCUT2D eigenvalue weighted by Crippen LogP contribution is 2.28. The molecule has 108 valence electrons. The molecule has 0 fully saturated rings. The van der Waals surface area contributed by atoms with Crippen LogP contribution in [-0.2, 0) is 0 Å². The smallest absolute Gasteiger partial charge is 0.0868 e. The van der Waals surface area contributed by atoms with Gasteiger partial charge in [0, 0.05) is 12.4 Å². The van der Waals surface area contributed by atoms with E-state index in [1.807, 2.05) is 12.4 Å². The Bertz CT molecular complexity index is 302. The second-order valence-electron chi connectivity index (χ2n) is 5.83. The fraction of sp³-hybridized carbons (Fsp3) is 0.706. The van der Waals surface area contributed by atoms with Crippen LogP contribution in [0.4, 0.5) is 0 Å². The molecule has 0 aliphatic heterocycles. The van der Waals surface area contributed by atoms with E-state index in [0.29, 0.717) is 0 Å². The van der Waals surface area contributed by atoms with E-state index in [4.69, 9.17) is 0 Å². The first-order valence-corrected chi connectivity index (χ1v) is 10.8. The molecule has 1 aromatic heterocycles. The third kappa shape index (κ3) is 5.10. The van der Waals surface area contributed by atoms with Crippen molar-refractivity contribution >= 4 is 13.3 Å². The van der Waals surface area contributed by atoms with Crippen LogP contribution in [0.5, 0.6) is 0 Å². The zero-order valence-corrected chi connectivity index (χ0v) is 14.1. The monoisotopic (exact) mass is 277 g/mol. The topological polar surface area (TPSA) is 12.9 Å². The minimum atomic E-state index is -1.27. The van der Waals surface area contributed by atoms with Crippen molar-refractivity contribution in [1.29, 1.82) is 0 Å². The Morgan fingerprint density at radius 2 is 1.21 bits per heavy atom. The summed E-state index contributed by atoms with van der Waals surface area (Å²) in [5.74, 6) is 0. The van der Waals surface area contributed by atoms with Gasteiger partial charge in [0.25, 0.3) is 0 Å². The van der Waals surface area contributed by atoms with Crippen LogP contribution in [0.25, 0.3) is 0 Å². The predicted octanol–water partition coefficient (Wildman–Crippen LogP) is 5.14. The van der Waals surface area contributed by atoms with Crippen molar-refractivity contribution in [3.63, 3.8) is 0 Å². The minimum absolute atomic E-state index is 1.27. The highest BCUT2D eigenvalue weighted by Gasteiger charge is 2.32. The summed E-state index contributed by atoms with van der Waals surface area (Å²) < 4.78 is 0. The summed E-state index contributed by atoms with van der Waals surface area (Å²) in [4.78, 5) is 4.22. The average molecular weight is 278 g/mol. The number of hydrogen-bond donors (Lipinski definition) is 0. The molecule has 1 rings (SSSR count). The highest BCUT2D eigenvalue weighted by molar-refractivity contribution is 6.91. The number of nitrogens with zero attached hydrogens (tertiary/aromatic N) is 1. The van der Waals surface area contributed by atoms with E-state index in [9.17, 15) is 0 Å². The molecule has 0 radical (unpaired) electrons. The van der Waals surface area contributed by atoms with Crippen LogP contribution in [0.3, 0.4) is 0 Å². The number of pyridine rings is 1. The molecule has 0 atom stereocenters. The van der Waals surface area contributed by atoms with Crippen LogP contribution < -0.4 is 5.19 Å². The van der Waals surface area contributed by atoms with E-state index >= 15 is 0 Å². The Labute approximate surface area is 120 Å². The van der Waals surface area contributed by atoms with Crippen molar-refractivity contribution in [1.82, 2.24) is 4.98 Å². The molecule has 0 bridgehead atoms. The molecular weight excluding hydrogens is 246 g/mol. The molecule has 1 aromatic rings. The van der Waals surface area contributed by atoms with Crippen LogP contribution in [0, 0.1) is 0 Å². The van der Waals surface area contributed by atoms with Crippen LogP contribution in [0.2, 0.25) is 18.1 Å². The van der Waals surface area contributed by atoms with E-state index in [-0.39, 0.29) is 0 Å². The Morgan fingerprint density at radius 1 is 0.789 bits per heavy atom. The molecule has 1 heterocycles. The Balaban J connectivity index is 2.94.